The van der Waals surface area contributed by atoms with Gasteiger partial charge in [0.15, 0.2) is 0 Å². The molecule has 0 aliphatic carbocycles. The molecule has 9 heteroatoms. The van der Waals surface area contributed by atoms with Crippen LogP contribution >= 0.6 is 34.5 Å². The van der Waals surface area contributed by atoms with E-state index in [1.165, 1.54) is 23.7 Å². The molecular weight excluding hydrogens is 429 g/mol. The summed E-state index contributed by atoms with van der Waals surface area (Å²) in [6.45, 7) is 0. The molecule has 0 radical (unpaired) electrons. The van der Waals surface area contributed by atoms with Crippen LogP contribution in [0.15, 0.2) is 60.4 Å². The lowest BCUT2D eigenvalue weighted by molar-refractivity contribution is 0.102. The van der Waals surface area contributed by atoms with Gasteiger partial charge in [-0.15, -0.1) is 11.3 Å². The van der Waals surface area contributed by atoms with Crippen molar-refractivity contribution in [2.75, 3.05) is 11.1 Å². The van der Waals surface area contributed by atoms with Gasteiger partial charge >= 0.3 is 0 Å². The minimum absolute atomic E-state index is 0.283. The third kappa shape index (κ3) is 4.22. The molecule has 29 heavy (non-hydrogen) atoms. The van der Waals surface area contributed by atoms with Crippen LogP contribution in [0.2, 0.25) is 10.0 Å². The maximum atomic E-state index is 12.5. The van der Waals surface area contributed by atoms with Gasteiger partial charge in [0.25, 0.3) is 5.91 Å². The van der Waals surface area contributed by atoms with Gasteiger partial charge in [-0.25, -0.2) is 15.0 Å². The Morgan fingerprint density at radius 1 is 1.10 bits per heavy atom. The second kappa shape index (κ2) is 8.16. The molecule has 0 fully saturated rings. The maximum Gasteiger partial charge on any atom is 0.255 e. The molecule has 2 aromatic carbocycles. The van der Waals surface area contributed by atoms with Crippen LogP contribution in [-0.4, -0.2) is 20.9 Å². The summed E-state index contributed by atoms with van der Waals surface area (Å²) in [4.78, 5) is 25.1. The van der Waals surface area contributed by atoms with Crippen molar-refractivity contribution in [3.05, 3.63) is 76.0 Å². The molecule has 0 bridgehead atoms. The number of anilines is 2. The molecule has 0 aliphatic heterocycles. The van der Waals surface area contributed by atoms with Gasteiger partial charge in [0, 0.05) is 28.4 Å². The third-order valence-electron chi connectivity index (χ3n) is 4.08. The SMILES string of the molecule is Nc1ncncc1-c1nc(-c2cccc(NC(=O)c3ccc(Cl)c(Cl)c3)c2)cs1. The molecule has 2 heterocycles. The average Bonchev–Trinajstić information content (AvgIpc) is 3.20. The van der Waals surface area contributed by atoms with E-state index in [4.69, 9.17) is 28.9 Å². The van der Waals surface area contributed by atoms with Crippen molar-refractivity contribution >= 4 is 52.0 Å². The first-order chi connectivity index (χ1) is 14.0. The van der Waals surface area contributed by atoms with Crippen LogP contribution in [0, 0.1) is 0 Å². The van der Waals surface area contributed by atoms with Gasteiger partial charge in [0.05, 0.1) is 21.3 Å². The topological polar surface area (TPSA) is 93.8 Å². The number of benzene rings is 2. The molecule has 6 nitrogen and oxygen atoms in total. The van der Waals surface area contributed by atoms with Crippen LogP contribution in [0.4, 0.5) is 11.5 Å². The number of hydrogen-bond donors (Lipinski definition) is 2. The number of nitrogens with two attached hydrogens (primary N) is 1. The second-order valence-electron chi connectivity index (χ2n) is 6.02. The summed E-state index contributed by atoms with van der Waals surface area (Å²) in [5, 5.41) is 6.22. The molecule has 3 N–H and O–H groups in total. The molecule has 0 saturated carbocycles. The number of carbonyl (C=O) groups excluding carboxylic acids is 1. The monoisotopic (exact) mass is 441 g/mol. The van der Waals surface area contributed by atoms with Crippen molar-refractivity contribution in [3.63, 3.8) is 0 Å². The van der Waals surface area contributed by atoms with Crippen molar-refractivity contribution in [1.29, 1.82) is 0 Å². The van der Waals surface area contributed by atoms with Crippen molar-refractivity contribution < 1.29 is 4.79 Å². The standard InChI is InChI=1S/C20H13Cl2N5OS/c21-15-5-4-12(7-16(15)22)19(28)26-13-3-1-2-11(6-13)17-9-29-20(27-17)14-8-24-10-25-18(14)23/h1-10H,(H,26,28)(H2,23,24,25). The van der Waals surface area contributed by atoms with Crippen LogP contribution < -0.4 is 11.1 Å². The lowest BCUT2D eigenvalue weighted by Gasteiger charge is -2.07. The summed E-state index contributed by atoms with van der Waals surface area (Å²) >= 11 is 13.3. The number of carbonyl (C=O) groups is 1. The van der Waals surface area contributed by atoms with Crippen molar-refractivity contribution in [1.82, 2.24) is 15.0 Å². The van der Waals surface area contributed by atoms with Crippen LogP contribution in [0.3, 0.4) is 0 Å². The second-order valence-corrected chi connectivity index (χ2v) is 7.70. The van der Waals surface area contributed by atoms with Gasteiger partial charge in [-0.05, 0) is 30.3 Å². The minimum Gasteiger partial charge on any atom is -0.383 e. The van der Waals surface area contributed by atoms with Gasteiger partial charge < -0.3 is 11.1 Å². The summed E-state index contributed by atoms with van der Waals surface area (Å²) in [7, 11) is 0. The number of aromatic nitrogens is 3. The molecule has 0 spiro atoms. The average molecular weight is 442 g/mol. The molecule has 2 aromatic heterocycles. The van der Waals surface area contributed by atoms with Crippen LogP contribution in [0.1, 0.15) is 10.4 Å². The Labute approximate surface area is 180 Å². The summed E-state index contributed by atoms with van der Waals surface area (Å²) in [6.07, 6.45) is 3.03. The highest BCUT2D eigenvalue weighted by Crippen LogP contribution is 2.31. The van der Waals surface area contributed by atoms with E-state index in [1.54, 1.807) is 24.4 Å². The van der Waals surface area contributed by atoms with Gasteiger partial charge in [-0.1, -0.05) is 35.3 Å². The van der Waals surface area contributed by atoms with E-state index in [9.17, 15) is 4.79 Å². The molecule has 4 aromatic rings. The minimum atomic E-state index is -0.283. The van der Waals surface area contributed by atoms with Crippen molar-refractivity contribution in [3.8, 4) is 21.8 Å². The number of thiazole rings is 1. The van der Waals surface area contributed by atoms with Crippen LogP contribution in [0.25, 0.3) is 21.8 Å². The molecule has 0 unspecified atom stereocenters. The molecular formula is C20H13Cl2N5OS. The highest BCUT2D eigenvalue weighted by atomic mass is 35.5. The van der Waals surface area contributed by atoms with Gasteiger partial charge in [0.2, 0.25) is 0 Å². The van der Waals surface area contributed by atoms with E-state index >= 15 is 0 Å². The van der Waals surface area contributed by atoms with E-state index in [-0.39, 0.29) is 5.91 Å². The number of hydrogen-bond acceptors (Lipinski definition) is 6. The lowest BCUT2D eigenvalue weighted by Crippen LogP contribution is -2.11. The van der Waals surface area contributed by atoms with Crippen LogP contribution in [0.5, 0.6) is 0 Å². The Hall–Kier alpha value is -3.00. The Balaban J connectivity index is 1.57. The molecule has 144 valence electrons. The zero-order valence-electron chi connectivity index (χ0n) is 14.8. The third-order valence-corrected chi connectivity index (χ3v) is 5.69. The smallest absolute Gasteiger partial charge is 0.255 e. The number of amides is 1. The van der Waals surface area contributed by atoms with E-state index in [1.807, 2.05) is 23.6 Å². The fourth-order valence-corrected chi connectivity index (χ4v) is 3.78. The first kappa shape index (κ1) is 19.3. The number of halogens is 2. The maximum absolute atomic E-state index is 12.5. The number of rotatable bonds is 4. The van der Waals surface area contributed by atoms with Gasteiger partial charge in [-0.2, -0.15) is 0 Å². The highest BCUT2D eigenvalue weighted by Gasteiger charge is 2.12. The van der Waals surface area contributed by atoms with Crippen molar-refractivity contribution in [2.24, 2.45) is 0 Å². The molecule has 4 rings (SSSR count). The zero-order valence-corrected chi connectivity index (χ0v) is 17.1. The predicted molar refractivity (Wildman–Crippen MR) is 117 cm³/mol. The van der Waals surface area contributed by atoms with E-state index in [0.29, 0.717) is 32.7 Å². The highest BCUT2D eigenvalue weighted by molar-refractivity contribution is 7.13. The zero-order chi connectivity index (χ0) is 20.4. The fraction of sp³-hybridized carbons (Fsp3) is 0. The Bertz CT molecular complexity index is 1210. The summed E-state index contributed by atoms with van der Waals surface area (Å²) in [5.41, 5.74) is 9.26. The lowest BCUT2D eigenvalue weighted by atomic mass is 10.1. The van der Waals surface area contributed by atoms with Gasteiger partial charge in [-0.3, -0.25) is 4.79 Å². The molecule has 0 saturated heterocycles. The van der Waals surface area contributed by atoms with E-state index in [0.717, 1.165) is 16.3 Å². The first-order valence-corrected chi connectivity index (χ1v) is 10.0. The summed E-state index contributed by atoms with van der Waals surface area (Å²) < 4.78 is 0. The Morgan fingerprint density at radius 3 is 2.76 bits per heavy atom. The Kier molecular flexibility index (Phi) is 5.44. The number of nitrogens with one attached hydrogen (secondary N) is 1. The van der Waals surface area contributed by atoms with Crippen molar-refractivity contribution in [2.45, 2.75) is 0 Å². The van der Waals surface area contributed by atoms with E-state index in [2.05, 4.69) is 20.3 Å². The van der Waals surface area contributed by atoms with Crippen LogP contribution in [-0.2, 0) is 0 Å². The van der Waals surface area contributed by atoms with Gasteiger partial charge in [0.1, 0.15) is 17.2 Å². The largest absolute Gasteiger partial charge is 0.383 e. The Morgan fingerprint density at radius 2 is 1.97 bits per heavy atom. The predicted octanol–water partition coefficient (Wildman–Crippen LogP) is 5.41. The summed E-state index contributed by atoms with van der Waals surface area (Å²) in [6, 6.07) is 12.1. The normalized spacial score (nSPS) is 10.7. The number of nitrogens with zero attached hydrogens (tertiary/aromatic N) is 3. The molecule has 0 atom stereocenters. The molecule has 0 aliphatic rings. The fourth-order valence-electron chi connectivity index (χ4n) is 2.63. The summed E-state index contributed by atoms with van der Waals surface area (Å²) in [5.74, 6) is 0.0948. The van der Waals surface area contributed by atoms with E-state index < -0.39 is 0 Å². The molecule has 1 amide bonds. The first-order valence-electron chi connectivity index (χ1n) is 8.39. The quantitative estimate of drug-likeness (QED) is 0.441. The number of nitrogen functional groups attached to an aromatic ring is 1.